The molecule has 0 aliphatic carbocycles. The molecule has 0 heterocycles. The molecule has 0 aromatic heterocycles. The first-order chi connectivity index (χ1) is 3.81. The highest BCUT2D eigenvalue weighted by Gasteiger charge is 1.94. The monoisotopic (exact) mass is 117 g/mol. The average molecular weight is 117 g/mol. The molecule has 0 saturated heterocycles. The maximum atomic E-state index is 10.2. The van der Waals surface area contributed by atoms with Gasteiger partial charge in [0, 0.05) is 6.54 Å². The Bertz CT molecular complexity index is 66.4. The van der Waals surface area contributed by atoms with Crippen molar-refractivity contribution in [3.63, 3.8) is 0 Å². The van der Waals surface area contributed by atoms with Crippen LogP contribution in [0.1, 0.15) is 6.92 Å². The number of hydrogen-bond donors (Lipinski definition) is 1. The summed E-state index contributed by atoms with van der Waals surface area (Å²) in [7, 11) is 1.33. The summed E-state index contributed by atoms with van der Waals surface area (Å²) in [4.78, 5) is 14.4. The van der Waals surface area contributed by atoms with Gasteiger partial charge in [0.05, 0.1) is 7.11 Å². The van der Waals surface area contributed by atoms with E-state index in [1.807, 2.05) is 6.92 Å². The topological polar surface area (TPSA) is 52.4 Å². The Morgan fingerprint density at radius 1 is 1.88 bits per heavy atom. The summed E-state index contributed by atoms with van der Waals surface area (Å²) in [6.45, 7) is 2.38. The van der Waals surface area contributed by atoms with E-state index in [-0.39, 0.29) is 0 Å². The molecule has 0 aliphatic heterocycles. The molecule has 0 aromatic rings. The summed E-state index contributed by atoms with van der Waals surface area (Å²) in [6.07, 6.45) is 0. The lowest BCUT2D eigenvalue weighted by molar-refractivity contribution is 0.100. The minimum absolute atomic E-state index is 0.435. The van der Waals surface area contributed by atoms with Crippen LogP contribution in [0.4, 0.5) is 4.79 Å². The van der Waals surface area contributed by atoms with Gasteiger partial charge in [-0.2, -0.15) is 0 Å². The molecular weight excluding hydrogens is 108 g/mol. The maximum absolute atomic E-state index is 10.2. The summed E-state index contributed by atoms with van der Waals surface area (Å²) in [6, 6.07) is -0.435. The van der Waals surface area contributed by atoms with Gasteiger partial charge in [0.2, 0.25) is 0 Å². The van der Waals surface area contributed by atoms with Gasteiger partial charge >= 0.3 is 6.03 Å². The van der Waals surface area contributed by atoms with E-state index in [1.165, 1.54) is 7.11 Å². The fourth-order valence-corrected chi connectivity index (χ4v) is 0.266. The Morgan fingerprint density at radius 2 is 2.50 bits per heavy atom. The highest BCUT2D eigenvalue weighted by atomic mass is 16.6. The Hall–Kier alpha value is -0.770. The number of hydrogen-bond acceptors (Lipinski definition) is 2. The molecule has 8 heavy (non-hydrogen) atoms. The Labute approximate surface area is 48.2 Å². The van der Waals surface area contributed by atoms with Gasteiger partial charge in [-0.1, -0.05) is 5.48 Å². The lowest BCUT2D eigenvalue weighted by Crippen LogP contribution is -2.29. The molecule has 47 valence electrons. The van der Waals surface area contributed by atoms with Crippen molar-refractivity contribution in [2.45, 2.75) is 6.92 Å². The largest absolute Gasteiger partial charge is 0.363 e. The molecule has 1 radical (unpaired) electrons. The number of rotatable bonds is 2. The van der Waals surface area contributed by atoms with Gasteiger partial charge in [-0.3, -0.25) is 4.84 Å². The first-order valence-corrected chi connectivity index (χ1v) is 2.33. The zero-order valence-electron chi connectivity index (χ0n) is 4.97. The van der Waals surface area contributed by atoms with E-state index >= 15 is 0 Å². The van der Waals surface area contributed by atoms with Crippen LogP contribution in [0.2, 0.25) is 0 Å². The Kier molecular flexibility index (Phi) is 3.97. The Morgan fingerprint density at radius 3 is 2.88 bits per heavy atom. The second kappa shape index (κ2) is 4.39. The lowest BCUT2D eigenvalue weighted by atomic mass is 10.7. The minimum atomic E-state index is -0.435. The highest BCUT2D eigenvalue weighted by Crippen LogP contribution is 1.64. The second-order valence-corrected chi connectivity index (χ2v) is 1.11. The third-order valence-corrected chi connectivity index (χ3v) is 0.502. The number of carbonyl (C=O) groups is 1. The van der Waals surface area contributed by atoms with Crippen molar-refractivity contribution in [3.05, 3.63) is 0 Å². The molecule has 0 atom stereocenters. The predicted octanol–water partition coefficient (Wildman–Crippen LogP) is -0.118. The molecule has 2 amide bonds. The van der Waals surface area contributed by atoms with Crippen molar-refractivity contribution >= 4 is 6.03 Å². The number of urea groups is 1. The van der Waals surface area contributed by atoms with Gasteiger partial charge in [0.1, 0.15) is 0 Å². The van der Waals surface area contributed by atoms with E-state index < -0.39 is 6.03 Å². The average Bonchev–Trinajstić information content (AvgIpc) is 1.68. The van der Waals surface area contributed by atoms with Crippen LogP contribution in [-0.2, 0) is 4.84 Å². The van der Waals surface area contributed by atoms with E-state index in [4.69, 9.17) is 0 Å². The van der Waals surface area contributed by atoms with Gasteiger partial charge in [-0.25, -0.2) is 4.79 Å². The molecule has 0 aliphatic rings. The van der Waals surface area contributed by atoms with Crippen molar-refractivity contribution in [2.24, 2.45) is 0 Å². The number of nitrogens with one attached hydrogen (secondary N) is 1. The third kappa shape index (κ3) is 3.42. The predicted molar refractivity (Wildman–Crippen MR) is 28.2 cm³/mol. The van der Waals surface area contributed by atoms with Gasteiger partial charge < -0.3 is 5.32 Å². The first-order valence-electron chi connectivity index (χ1n) is 2.33. The molecule has 4 nitrogen and oxygen atoms in total. The van der Waals surface area contributed by atoms with Crippen LogP contribution >= 0.6 is 0 Å². The molecule has 0 rings (SSSR count). The van der Waals surface area contributed by atoms with Crippen molar-refractivity contribution in [1.29, 1.82) is 0 Å². The van der Waals surface area contributed by atoms with Crippen molar-refractivity contribution in [2.75, 3.05) is 13.7 Å². The standard InChI is InChI=1S/C4H9N2O2/c1-3-5-4(7)6-8-2/h3H2,1-2H3,(H,5,7). The zero-order chi connectivity index (χ0) is 6.41. The van der Waals surface area contributed by atoms with Crippen LogP contribution in [0, 0.1) is 0 Å². The van der Waals surface area contributed by atoms with Gasteiger partial charge in [0.15, 0.2) is 0 Å². The van der Waals surface area contributed by atoms with Gasteiger partial charge in [-0.05, 0) is 6.92 Å². The van der Waals surface area contributed by atoms with Crippen LogP contribution in [-0.4, -0.2) is 19.7 Å². The van der Waals surface area contributed by atoms with Crippen LogP contribution in [0.25, 0.3) is 0 Å². The maximum Gasteiger partial charge on any atom is 0.363 e. The van der Waals surface area contributed by atoms with Crippen molar-refractivity contribution in [1.82, 2.24) is 10.8 Å². The molecule has 0 saturated carbocycles. The normalized spacial score (nSPS) is 8.25. The summed E-state index contributed by atoms with van der Waals surface area (Å²) >= 11 is 0. The fourth-order valence-electron chi connectivity index (χ4n) is 0.266. The summed E-state index contributed by atoms with van der Waals surface area (Å²) in [5.74, 6) is 0. The molecule has 4 heteroatoms. The van der Waals surface area contributed by atoms with Crippen molar-refractivity contribution in [3.8, 4) is 0 Å². The van der Waals surface area contributed by atoms with E-state index in [2.05, 4.69) is 15.6 Å². The number of amides is 2. The van der Waals surface area contributed by atoms with E-state index in [0.29, 0.717) is 6.54 Å². The zero-order valence-corrected chi connectivity index (χ0v) is 4.97. The SMILES string of the molecule is CCNC(=O)[N]OC. The quantitative estimate of drug-likeness (QED) is 0.513. The van der Waals surface area contributed by atoms with Crippen LogP contribution < -0.4 is 10.8 Å². The third-order valence-electron chi connectivity index (χ3n) is 0.502. The minimum Gasteiger partial charge on any atom is -0.335 e. The second-order valence-electron chi connectivity index (χ2n) is 1.11. The lowest BCUT2D eigenvalue weighted by Gasteiger charge is -1.95. The van der Waals surface area contributed by atoms with Gasteiger partial charge in [-0.15, -0.1) is 0 Å². The van der Waals surface area contributed by atoms with E-state index in [1.54, 1.807) is 0 Å². The smallest absolute Gasteiger partial charge is 0.335 e. The first kappa shape index (κ1) is 7.23. The summed E-state index contributed by atoms with van der Waals surface area (Å²) in [5.41, 5.74) is 3.06. The molecule has 0 fully saturated rings. The molecule has 0 unspecified atom stereocenters. The number of nitrogens with zero attached hydrogens (tertiary/aromatic N) is 1. The molecule has 1 N–H and O–H groups in total. The molecule has 0 bridgehead atoms. The van der Waals surface area contributed by atoms with Crippen molar-refractivity contribution < 1.29 is 9.63 Å². The van der Waals surface area contributed by atoms with Crippen LogP contribution in [0.5, 0.6) is 0 Å². The highest BCUT2D eigenvalue weighted by molar-refractivity contribution is 5.72. The van der Waals surface area contributed by atoms with E-state index in [0.717, 1.165) is 0 Å². The summed E-state index contributed by atoms with van der Waals surface area (Å²) < 4.78 is 0. The fraction of sp³-hybridized carbons (Fsp3) is 0.750. The molecule has 0 spiro atoms. The van der Waals surface area contributed by atoms with Crippen LogP contribution in [0.3, 0.4) is 0 Å². The van der Waals surface area contributed by atoms with Crippen LogP contribution in [0.15, 0.2) is 0 Å². The number of hydroxylamine groups is 1. The van der Waals surface area contributed by atoms with E-state index in [9.17, 15) is 4.79 Å². The molecule has 0 aromatic carbocycles. The summed E-state index contributed by atoms with van der Waals surface area (Å²) in [5, 5.41) is 2.42. The Balaban J connectivity index is 3.06. The van der Waals surface area contributed by atoms with Gasteiger partial charge in [0.25, 0.3) is 0 Å². The molecular formula is C4H9N2O2. The number of carbonyl (C=O) groups excluding carboxylic acids is 1.